The molecule has 0 spiro atoms. The maximum absolute atomic E-state index is 14.0. The summed E-state index contributed by atoms with van der Waals surface area (Å²) in [6, 6.07) is 3.91. The molecule has 0 radical (unpaired) electrons. The normalized spacial score (nSPS) is 11.2. The van der Waals surface area contributed by atoms with Gasteiger partial charge in [0.05, 0.1) is 19.9 Å². The van der Waals surface area contributed by atoms with Crippen molar-refractivity contribution in [2.45, 2.75) is 4.90 Å². The van der Waals surface area contributed by atoms with Crippen molar-refractivity contribution in [3.8, 4) is 11.5 Å². The van der Waals surface area contributed by atoms with Crippen LogP contribution < -0.4 is 14.2 Å². The number of ether oxygens (including phenoxy) is 2. The fraction of sp³-hybridized carbons (Fsp3) is 0.143. The highest BCUT2D eigenvalue weighted by Gasteiger charge is 2.24. The SMILES string of the molecule is COc1cc(F)c(S(=O)(=O)Nc2cc(F)ccc2F)cc1OC. The van der Waals surface area contributed by atoms with Crippen molar-refractivity contribution in [2.24, 2.45) is 0 Å². The molecule has 0 unspecified atom stereocenters. The molecule has 0 aliphatic carbocycles. The van der Waals surface area contributed by atoms with Crippen LogP contribution in [0.1, 0.15) is 0 Å². The lowest BCUT2D eigenvalue weighted by Gasteiger charge is -2.13. The third kappa shape index (κ3) is 3.50. The molecule has 0 heterocycles. The van der Waals surface area contributed by atoms with Crippen LogP contribution in [-0.4, -0.2) is 22.6 Å². The van der Waals surface area contributed by atoms with Crippen molar-refractivity contribution in [2.75, 3.05) is 18.9 Å². The van der Waals surface area contributed by atoms with Gasteiger partial charge in [0.15, 0.2) is 11.5 Å². The summed E-state index contributed by atoms with van der Waals surface area (Å²) in [7, 11) is -2.01. The molecule has 0 aliphatic heterocycles. The third-order valence-corrected chi connectivity index (χ3v) is 4.28. The Kier molecular flexibility index (Phi) is 4.69. The van der Waals surface area contributed by atoms with Gasteiger partial charge in [0.2, 0.25) is 0 Å². The third-order valence-electron chi connectivity index (χ3n) is 2.90. The summed E-state index contributed by atoms with van der Waals surface area (Å²) in [5.41, 5.74) is -0.640. The van der Waals surface area contributed by atoms with Crippen molar-refractivity contribution < 1.29 is 31.1 Å². The zero-order valence-electron chi connectivity index (χ0n) is 12.1. The van der Waals surface area contributed by atoms with Crippen LogP contribution in [0.2, 0.25) is 0 Å². The first-order chi connectivity index (χ1) is 10.8. The van der Waals surface area contributed by atoms with E-state index < -0.39 is 38.1 Å². The van der Waals surface area contributed by atoms with E-state index in [9.17, 15) is 21.6 Å². The molecular formula is C14H12F3NO4S. The summed E-state index contributed by atoms with van der Waals surface area (Å²) in [5.74, 6) is -3.03. The van der Waals surface area contributed by atoms with Crippen LogP contribution in [0.4, 0.5) is 18.9 Å². The fourth-order valence-corrected chi connectivity index (χ4v) is 2.95. The van der Waals surface area contributed by atoms with Gasteiger partial charge >= 0.3 is 0 Å². The molecule has 0 aromatic heterocycles. The van der Waals surface area contributed by atoms with Crippen LogP contribution in [0, 0.1) is 17.5 Å². The molecular weight excluding hydrogens is 335 g/mol. The molecule has 9 heteroatoms. The van der Waals surface area contributed by atoms with Crippen LogP contribution in [0.15, 0.2) is 35.2 Å². The van der Waals surface area contributed by atoms with Crippen LogP contribution in [0.3, 0.4) is 0 Å². The summed E-state index contributed by atoms with van der Waals surface area (Å²) < 4.78 is 76.6. The molecule has 2 rings (SSSR count). The number of halogens is 3. The quantitative estimate of drug-likeness (QED) is 0.903. The molecule has 2 aromatic rings. The zero-order chi connectivity index (χ0) is 17.2. The lowest BCUT2D eigenvalue weighted by atomic mass is 10.3. The second-order valence-corrected chi connectivity index (χ2v) is 6.02. The van der Waals surface area contributed by atoms with Crippen LogP contribution >= 0.6 is 0 Å². The van der Waals surface area contributed by atoms with Gasteiger partial charge in [-0.05, 0) is 12.1 Å². The highest BCUT2D eigenvalue weighted by atomic mass is 32.2. The number of sulfonamides is 1. The smallest absolute Gasteiger partial charge is 0.265 e. The van der Waals surface area contributed by atoms with Crippen molar-refractivity contribution in [1.29, 1.82) is 0 Å². The van der Waals surface area contributed by atoms with Crippen molar-refractivity contribution in [3.05, 3.63) is 47.8 Å². The average molecular weight is 347 g/mol. The van der Waals surface area contributed by atoms with E-state index in [1.807, 2.05) is 0 Å². The summed E-state index contributed by atoms with van der Waals surface area (Å²) in [6.45, 7) is 0. The van der Waals surface area contributed by atoms with E-state index >= 15 is 0 Å². The minimum atomic E-state index is -4.51. The molecule has 1 N–H and O–H groups in total. The molecule has 124 valence electrons. The predicted molar refractivity (Wildman–Crippen MR) is 76.7 cm³/mol. The van der Waals surface area contributed by atoms with E-state index in [1.54, 1.807) is 4.72 Å². The fourth-order valence-electron chi connectivity index (χ4n) is 1.82. The number of hydrogen-bond acceptors (Lipinski definition) is 4. The van der Waals surface area contributed by atoms with Gasteiger partial charge in [0.25, 0.3) is 10.0 Å². The first-order valence-electron chi connectivity index (χ1n) is 6.18. The second-order valence-electron chi connectivity index (χ2n) is 4.37. The molecule has 0 saturated carbocycles. The minimum absolute atomic E-state index is 0.0131. The Bertz CT molecular complexity index is 840. The van der Waals surface area contributed by atoms with Crippen molar-refractivity contribution in [3.63, 3.8) is 0 Å². The van der Waals surface area contributed by atoms with Gasteiger partial charge in [-0.3, -0.25) is 4.72 Å². The average Bonchev–Trinajstić information content (AvgIpc) is 2.50. The number of methoxy groups -OCH3 is 2. The summed E-state index contributed by atoms with van der Waals surface area (Å²) in [6.07, 6.45) is 0. The number of anilines is 1. The summed E-state index contributed by atoms with van der Waals surface area (Å²) in [5, 5.41) is 0. The Hall–Kier alpha value is -2.42. The number of nitrogens with one attached hydrogen (secondary N) is 1. The first kappa shape index (κ1) is 16.9. The molecule has 23 heavy (non-hydrogen) atoms. The number of benzene rings is 2. The number of hydrogen-bond donors (Lipinski definition) is 1. The van der Waals surface area contributed by atoms with Gasteiger partial charge in [-0.2, -0.15) is 0 Å². The second kappa shape index (κ2) is 6.37. The molecule has 2 aromatic carbocycles. The molecule has 0 fully saturated rings. The molecule has 0 saturated heterocycles. The Morgan fingerprint density at radius 1 is 0.913 bits per heavy atom. The monoisotopic (exact) mass is 347 g/mol. The summed E-state index contributed by atoms with van der Waals surface area (Å²) in [4.78, 5) is -0.793. The van der Waals surface area contributed by atoms with Gasteiger partial charge in [-0.25, -0.2) is 21.6 Å². The Morgan fingerprint density at radius 3 is 2.13 bits per heavy atom. The molecule has 0 aliphatic rings. The number of rotatable bonds is 5. The van der Waals surface area contributed by atoms with Crippen molar-refractivity contribution in [1.82, 2.24) is 0 Å². The van der Waals surface area contributed by atoms with Crippen molar-refractivity contribution >= 4 is 15.7 Å². The Labute approximate surface area is 130 Å². The molecule has 0 bridgehead atoms. The van der Waals surface area contributed by atoms with Gasteiger partial charge < -0.3 is 9.47 Å². The van der Waals surface area contributed by atoms with Crippen LogP contribution in [-0.2, 0) is 10.0 Å². The molecule has 0 atom stereocenters. The van der Waals surface area contributed by atoms with Gasteiger partial charge in [-0.15, -0.1) is 0 Å². The standard InChI is InChI=1S/C14H12F3NO4S/c1-21-12-6-10(17)14(7-13(12)22-2)23(19,20)18-11-5-8(15)3-4-9(11)16/h3-7,18H,1-2H3. The van der Waals surface area contributed by atoms with E-state index in [0.29, 0.717) is 6.07 Å². The van der Waals surface area contributed by atoms with E-state index in [0.717, 1.165) is 24.3 Å². The topological polar surface area (TPSA) is 64.6 Å². The van der Waals surface area contributed by atoms with Gasteiger partial charge in [0.1, 0.15) is 22.3 Å². The van der Waals surface area contributed by atoms with Gasteiger partial charge in [0, 0.05) is 18.2 Å². The Morgan fingerprint density at radius 2 is 1.52 bits per heavy atom. The van der Waals surface area contributed by atoms with E-state index in [2.05, 4.69) is 0 Å². The minimum Gasteiger partial charge on any atom is -0.493 e. The lowest BCUT2D eigenvalue weighted by molar-refractivity contribution is 0.350. The lowest BCUT2D eigenvalue weighted by Crippen LogP contribution is -2.16. The van der Waals surface area contributed by atoms with E-state index in [1.165, 1.54) is 14.2 Å². The van der Waals surface area contributed by atoms with Gasteiger partial charge in [-0.1, -0.05) is 0 Å². The predicted octanol–water partition coefficient (Wildman–Crippen LogP) is 2.92. The highest BCUT2D eigenvalue weighted by Crippen LogP contribution is 2.32. The van der Waals surface area contributed by atoms with Crippen LogP contribution in [0.25, 0.3) is 0 Å². The highest BCUT2D eigenvalue weighted by molar-refractivity contribution is 7.92. The molecule has 5 nitrogen and oxygen atoms in total. The van der Waals surface area contributed by atoms with Crippen LogP contribution in [0.5, 0.6) is 11.5 Å². The maximum Gasteiger partial charge on any atom is 0.265 e. The molecule has 0 amide bonds. The maximum atomic E-state index is 14.0. The Balaban J connectivity index is 2.49. The zero-order valence-corrected chi connectivity index (χ0v) is 12.9. The van der Waals surface area contributed by atoms with E-state index in [4.69, 9.17) is 9.47 Å². The van der Waals surface area contributed by atoms with E-state index in [-0.39, 0.29) is 11.5 Å². The first-order valence-corrected chi connectivity index (χ1v) is 7.66. The summed E-state index contributed by atoms with van der Waals surface area (Å²) >= 11 is 0. The largest absolute Gasteiger partial charge is 0.493 e.